The second-order valence-electron chi connectivity index (χ2n) is 8.06. The van der Waals surface area contributed by atoms with E-state index in [9.17, 15) is 14.9 Å². The molecule has 1 N–H and O–H groups in total. The number of amidine groups is 1. The number of thioether (sulfide) groups is 1. The van der Waals surface area contributed by atoms with Gasteiger partial charge in [0.1, 0.15) is 5.60 Å². The van der Waals surface area contributed by atoms with Gasteiger partial charge in [0.2, 0.25) is 0 Å². The van der Waals surface area contributed by atoms with Crippen molar-refractivity contribution in [3.63, 3.8) is 0 Å². The van der Waals surface area contributed by atoms with E-state index in [2.05, 4.69) is 5.32 Å². The second kappa shape index (κ2) is 7.71. The summed E-state index contributed by atoms with van der Waals surface area (Å²) in [6.07, 6.45) is 0.0369. The largest absolute Gasteiger partial charge is 0.444 e. The van der Waals surface area contributed by atoms with Gasteiger partial charge in [0.15, 0.2) is 5.17 Å². The number of nitro benzene ring substituents is 1. The van der Waals surface area contributed by atoms with Gasteiger partial charge in [-0.05, 0) is 38.8 Å². The van der Waals surface area contributed by atoms with Crippen LogP contribution in [-0.4, -0.2) is 40.8 Å². The van der Waals surface area contributed by atoms with Gasteiger partial charge in [-0.25, -0.2) is 4.79 Å². The summed E-state index contributed by atoms with van der Waals surface area (Å²) in [6.45, 7) is 8.35. The molecular formula is C19H25N3O5S. The molecule has 0 aromatic heterocycles. The van der Waals surface area contributed by atoms with Crippen molar-refractivity contribution in [2.75, 3.05) is 19.0 Å². The Kier molecular flexibility index (Phi) is 5.67. The predicted molar refractivity (Wildman–Crippen MR) is 108 cm³/mol. The molecule has 0 radical (unpaired) electrons. The van der Waals surface area contributed by atoms with Crippen LogP contribution in [0.1, 0.15) is 38.3 Å². The first kappa shape index (κ1) is 20.6. The summed E-state index contributed by atoms with van der Waals surface area (Å²) in [6, 6.07) is 4.87. The number of fused-ring (bicyclic) bond motifs is 1. The molecule has 152 valence electrons. The highest BCUT2D eigenvalue weighted by molar-refractivity contribution is 8.13. The van der Waals surface area contributed by atoms with Crippen LogP contribution in [0, 0.1) is 23.0 Å². The smallest absolute Gasteiger partial charge is 0.413 e. The number of aliphatic imine (C=N–C) groups is 1. The van der Waals surface area contributed by atoms with Crippen LogP contribution in [0.25, 0.3) is 0 Å². The molecule has 0 unspecified atom stereocenters. The van der Waals surface area contributed by atoms with E-state index in [-0.39, 0.29) is 11.6 Å². The molecule has 9 heteroatoms. The number of nitrogens with one attached hydrogen (secondary N) is 1. The van der Waals surface area contributed by atoms with Gasteiger partial charge in [0.05, 0.1) is 17.1 Å². The Hall–Kier alpha value is -2.13. The molecule has 1 amide bonds. The van der Waals surface area contributed by atoms with Gasteiger partial charge in [-0.2, -0.15) is 0 Å². The molecule has 0 bridgehead atoms. The Morgan fingerprint density at radius 1 is 1.46 bits per heavy atom. The van der Waals surface area contributed by atoms with E-state index in [0.717, 1.165) is 11.1 Å². The SMILES string of the molecule is Cc1ccc([N+](=O)[O-])cc1[C@]12CCOC[C@H]1CSC(NC(=O)OC(C)(C)C)=N2. The molecule has 8 nitrogen and oxygen atoms in total. The van der Waals surface area contributed by atoms with Gasteiger partial charge in [0, 0.05) is 36.8 Å². The maximum Gasteiger partial charge on any atom is 0.413 e. The molecule has 3 rings (SSSR count). The maximum atomic E-state index is 12.2. The van der Waals surface area contributed by atoms with Crippen LogP contribution in [0.3, 0.4) is 0 Å². The number of carbonyl (C=O) groups excluding carboxylic acids is 1. The van der Waals surface area contributed by atoms with Crippen molar-refractivity contribution in [3.8, 4) is 0 Å². The van der Waals surface area contributed by atoms with Gasteiger partial charge in [0.25, 0.3) is 5.69 Å². The van der Waals surface area contributed by atoms with E-state index in [4.69, 9.17) is 14.5 Å². The van der Waals surface area contributed by atoms with Gasteiger partial charge in [-0.15, -0.1) is 0 Å². The van der Waals surface area contributed by atoms with Crippen LogP contribution in [-0.2, 0) is 15.0 Å². The zero-order valence-corrected chi connectivity index (χ0v) is 17.3. The average Bonchev–Trinajstić information content (AvgIpc) is 2.59. The summed E-state index contributed by atoms with van der Waals surface area (Å²) in [5.41, 5.74) is 0.516. The number of non-ortho nitro benzene ring substituents is 1. The Morgan fingerprint density at radius 3 is 2.89 bits per heavy atom. The zero-order chi connectivity index (χ0) is 20.5. The first-order valence-corrected chi connectivity index (χ1v) is 10.2. The highest BCUT2D eigenvalue weighted by atomic mass is 32.2. The van der Waals surface area contributed by atoms with E-state index in [1.807, 2.05) is 6.92 Å². The fourth-order valence-electron chi connectivity index (χ4n) is 3.58. The van der Waals surface area contributed by atoms with E-state index in [1.54, 1.807) is 32.9 Å². The lowest BCUT2D eigenvalue weighted by molar-refractivity contribution is -0.385. The number of hydrogen-bond acceptors (Lipinski definition) is 7. The first-order valence-electron chi connectivity index (χ1n) is 9.17. The molecule has 1 saturated heterocycles. The summed E-state index contributed by atoms with van der Waals surface area (Å²) in [7, 11) is 0. The number of carbonyl (C=O) groups is 1. The molecule has 0 saturated carbocycles. The van der Waals surface area contributed by atoms with Gasteiger partial charge >= 0.3 is 6.09 Å². The number of amides is 1. The summed E-state index contributed by atoms with van der Waals surface area (Å²) >= 11 is 1.44. The van der Waals surface area contributed by atoms with Gasteiger partial charge in [-0.1, -0.05) is 17.8 Å². The quantitative estimate of drug-likeness (QED) is 0.591. The Bertz CT molecular complexity index is 820. The van der Waals surface area contributed by atoms with Crippen LogP contribution in [0.2, 0.25) is 0 Å². The van der Waals surface area contributed by atoms with Crippen LogP contribution in [0.4, 0.5) is 10.5 Å². The molecule has 2 aliphatic heterocycles. The van der Waals surface area contributed by atoms with Crippen LogP contribution >= 0.6 is 11.8 Å². The number of ether oxygens (including phenoxy) is 2. The molecule has 2 heterocycles. The Labute approximate surface area is 168 Å². The molecule has 1 aromatic carbocycles. The Morgan fingerprint density at radius 2 is 2.21 bits per heavy atom. The zero-order valence-electron chi connectivity index (χ0n) is 16.5. The van der Waals surface area contributed by atoms with Crippen molar-refractivity contribution in [3.05, 3.63) is 39.4 Å². The summed E-state index contributed by atoms with van der Waals surface area (Å²) < 4.78 is 11.0. The average molecular weight is 407 g/mol. The van der Waals surface area contributed by atoms with E-state index < -0.39 is 22.2 Å². The van der Waals surface area contributed by atoms with Crippen molar-refractivity contribution in [2.24, 2.45) is 10.9 Å². The summed E-state index contributed by atoms with van der Waals surface area (Å²) in [5.74, 6) is 0.757. The minimum absolute atomic E-state index is 0.0373. The van der Waals surface area contributed by atoms with Crippen LogP contribution < -0.4 is 5.32 Å². The fraction of sp³-hybridized carbons (Fsp3) is 0.579. The minimum atomic E-state index is -0.663. The molecule has 0 spiro atoms. The fourth-order valence-corrected chi connectivity index (χ4v) is 4.70. The Balaban J connectivity index is 2.00. The summed E-state index contributed by atoms with van der Waals surface area (Å²) in [4.78, 5) is 28.0. The number of benzene rings is 1. The molecular weight excluding hydrogens is 382 g/mol. The lowest BCUT2D eigenvalue weighted by Gasteiger charge is -2.44. The molecule has 1 aromatic rings. The van der Waals surface area contributed by atoms with Gasteiger partial charge < -0.3 is 9.47 Å². The van der Waals surface area contributed by atoms with E-state index in [1.165, 1.54) is 17.8 Å². The second-order valence-corrected chi connectivity index (χ2v) is 9.07. The minimum Gasteiger partial charge on any atom is -0.444 e. The third-order valence-corrected chi connectivity index (χ3v) is 5.89. The molecule has 2 atom stereocenters. The number of alkyl carbamates (subject to hydrolysis) is 1. The van der Waals surface area contributed by atoms with Gasteiger partial charge in [-0.3, -0.25) is 20.4 Å². The lowest BCUT2D eigenvalue weighted by atomic mass is 9.74. The van der Waals surface area contributed by atoms with Crippen LogP contribution in [0.5, 0.6) is 0 Å². The molecule has 2 aliphatic rings. The number of rotatable bonds is 2. The van der Waals surface area contributed by atoms with E-state index >= 15 is 0 Å². The van der Waals surface area contributed by atoms with Crippen molar-refractivity contribution < 1.29 is 19.2 Å². The monoisotopic (exact) mass is 407 g/mol. The number of hydrogen-bond donors (Lipinski definition) is 1. The number of aryl methyl sites for hydroxylation is 1. The van der Waals surface area contributed by atoms with E-state index in [0.29, 0.717) is 30.6 Å². The molecule has 0 aliphatic carbocycles. The number of nitro groups is 1. The maximum absolute atomic E-state index is 12.2. The lowest BCUT2D eigenvalue weighted by Crippen LogP contribution is -2.48. The highest BCUT2D eigenvalue weighted by Crippen LogP contribution is 2.47. The third kappa shape index (κ3) is 4.30. The van der Waals surface area contributed by atoms with Crippen molar-refractivity contribution >= 4 is 28.7 Å². The standard InChI is InChI=1S/C19H25N3O5S/c1-12-5-6-14(22(24)25)9-15(12)19-7-8-26-10-13(19)11-28-16(21-19)20-17(23)27-18(2,3)4/h5-6,9,13H,7-8,10-11H2,1-4H3,(H,20,21,23)/t13-,19-/m0/s1. The highest BCUT2D eigenvalue weighted by Gasteiger charge is 2.47. The third-order valence-electron chi connectivity index (χ3n) is 4.85. The first-order chi connectivity index (χ1) is 13.1. The molecule has 28 heavy (non-hydrogen) atoms. The van der Waals surface area contributed by atoms with Crippen molar-refractivity contribution in [1.82, 2.24) is 5.32 Å². The number of nitrogens with zero attached hydrogens (tertiary/aromatic N) is 2. The molecule has 1 fully saturated rings. The van der Waals surface area contributed by atoms with Crippen molar-refractivity contribution in [1.29, 1.82) is 0 Å². The predicted octanol–water partition coefficient (Wildman–Crippen LogP) is 3.76. The van der Waals surface area contributed by atoms with Crippen LogP contribution in [0.15, 0.2) is 23.2 Å². The normalized spacial score (nSPS) is 24.7. The van der Waals surface area contributed by atoms with Crippen molar-refractivity contribution in [2.45, 2.75) is 45.3 Å². The summed E-state index contributed by atoms with van der Waals surface area (Å²) in [5, 5.41) is 14.5. The topological polar surface area (TPSA) is 103 Å².